The van der Waals surface area contributed by atoms with E-state index in [0.717, 1.165) is 0 Å². The minimum absolute atomic E-state index is 0.199. The van der Waals surface area contributed by atoms with Crippen LogP contribution in [0.3, 0.4) is 0 Å². The van der Waals surface area contributed by atoms with Crippen LogP contribution in [0, 0.1) is 0 Å². The highest BCUT2D eigenvalue weighted by Gasteiger charge is 2.12. The fraction of sp³-hybridized carbons (Fsp3) is 0.500. The summed E-state index contributed by atoms with van der Waals surface area (Å²) >= 11 is 5.74. The number of ether oxygens (including phenoxy) is 2. The van der Waals surface area contributed by atoms with Gasteiger partial charge in [-0.3, -0.25) is 0 Å². The predicted octanol–water partition coefficient (Wildman–Crippen LogP) is 2.71. The fourth-order valence-corrected chi connectivity index (χ4v) is 1.23. The number of halogens is 1. The molecular weight excluding hydrogens is 242 g/mol. The van der Waals surface area contributed by atoms with Crippen molar-refractivity contribution in [3.63, 3.8) is 0 Å². The lowest BCUT2D eigenvalue weighted by atomic mass is 10.2. The van der Waals surface area contributed by atoms with E-state index in [1.807, 2.05) is 20.8 Å². The molecule has 5 heteroatoms. The molecule has 0 saturated heterocycles. The van der Waals surface area contributed by atoms with Gasteiger partial charge in [0.15, 0.2) is 0 Å². The van der Waals surface area contributed by atoms with Gasteiger partial charge < -0.3 is 9.47 Å². The van der Waals surface area contributed by atoms with Crippen LogP contribution >= 0.6 is 11.6 Å². The van der Waals surface area contributed by atoms with Crippen molar-refractivity contribution >= 4 is 17.6 Å². The van der Waals surface area contributed by atoms with Gasteiger partial charge in [-0.05, 0) is 32.9 Å². The van der Waals surface area contributed by atoms with Gasteiger partial charge in [0.05, 0.1) is 12.2 Å². The van der Waals surface area contributed by atoms with Crippen molar-refractivity contribution < 1.29 is 14.3 Å². The smallest absolute Gasteiger partial charge is 0.357 e. The zero-order valence-corrected chi connectivity index (χ0v) is 11.0. The molecule has 1 aromatic rings. The lowest BCUT2D eigenvalue weighted by molar-refractivity contribution is -0.0283. The van der Waals surface area contributed by atoms with Gasteiger partial charge in [-0.2, -0.15) is 0 Å². The molecule has 1 rings (SSSR count). The molecule has 0 bridgehead atoms. The lowest BCUT2D eigenvalue weighted by Gasteiger charge is -2.19. The Hall–Kier alpha value is -1.13. The summed E-state index contributed by atoms with van der Waals surface area (Å²) in [4.78, 5) is 15.4. The van der Waals surface area contributed by atoms with Crippen LogP contribution in [0.4, 0.5) is 0 Å². The summed E-state index contributed by atoms with van der Waals surface area (Å²) in [5, 5.41) is 0.456. The number of carbonyl (C=O) groups excluding carboxylic acids is 1. The summed E-state index contributed by atoms with van der Waals surface area (Å²) < 4.78 is 10.4. The first-order chi connectivity index (χ1) is 7.88. The Labute approximate surface area is 106 Å². The van der Waals surface area contributed by atoms with Crippen molar-refractivity contribution in [2.24, 2.45) is 0 Å². The highest BCUT2D eigenvalue weighted by Crippen LogP contribution is 2.09. The summed E-state index contributed by atoms with van der Waals surface area (Å²) in [6, 6.07) is 3.07. The van der Waals surface area contributed by atoms with Gasteiger partial charge in [0, 0.05) is 11.2 Å². The molecule has 0 aromatic carbocycles. The number of esters is 1. The zero-order valence-electron chi connectivity index (χ0n) is 10.2. The molecule has 0 fully saturated rings. The molecule has 1 heterocycles. The molecule has 0 aliphatic rings. The van der Waals surface area contributed by atoms with E-state index in [-0.39, 0.29) is 17.9 Å². The molecule has 0 spiro atoms. The van der Waals surface area contributed by atoms with Crippen LogP contribution < -0.4 is 0 Å². The fourth-order valence-electron chi connectivity index (χ4n) is 1.07. The van der Waals surface area contributed by atoms with E-state index in [4.69, 9.17) is 21.1 Å². The summed E-state index contributed by atoms with van der Waals surface area (Å²) in [6.45, 7) is 6.37. The first-order valence-corrected chi connectivity index (χ1v) is 5.69. The van der Waals surface area contributed by atoms with Crippen molar-refractivity contribution in [3.8, 4) is 0 Å². The molecule has 0 amide bonds. The molecule has 0 atom stereocenters. The summed E-state index contributed by atoms with van der Waals surface area (Å²) in [5.74, 6) is -0.495. The molecule has 0 radical (unpaired) electrons. The van der Waals surface area contributed by atoms with Gasteiger partial charge in [-0.15, -0.1) is 0 Å². The van der Waals surface area contributed by atoms with Gasteiger partial charge in [0.25, 0.3) is 0 Å². The minimum Gasteiger partial charge on any atom is -0.459 e. The average Bonchev–Trinajstić information content (AvgIpc) is 2.23. The van der Waals surface area contributed by atoms with Crippen LogP contribution in [0.2, 0.25) is 5.02 Å². The van der Waals surface area contributed by atoms with E-state index >= 15 is 0 Å². The minimum atomic E-state index is -0.495. The van der Waals surface area contributed by atoms with Crippen LogP contribution in [-0.2, 0) is 9.47 Å². The molecule has 0 unspecified atom stereocenters. The molecule has 17 heavy (non-hydrogen) atoms. The molecule has 0 aliphatic carbocycles. The predicted molar refractivity (Wildman–Crippen MR) is 65.2 cm³/mol. The van der Waals surface area contributed by atoms with Crippen molar-refractivity contribution in [1.29, 1.82) is 0 Å². The van der Waals surface area contributed by atoms with E-state index in [1.165, 1.54) is 12.3 Å². The SMILES string of the molecule is CC(C)(C)OCCOC(=O)c1cc(Cl)ccn1. The largest absolute Gasteiger partial charge is 0.459 e. The molecule has 1 aromatic heterocycles. The van der Waals surface area contributed by atoms with Crippen molar-refractivity contribution in [3.05, 3.63) is 29.0 Å². The van der Waals surface area contributed by atoms with Crippen LogP contribution in [0.1, 0.15) is 31.3 Å². The summed E-state index contributed by atoms with van der Waals surface area (Å²) in [7, 11) is 0. The van der Waals surface area contributed by atoms with Gasteiger partial charge >= 0.3 is 5.97 Å². The van der Waals surface area contributed by atoms with Crippen LogP contribution in [0.5, 0.6) is 0 Å². The maximum absolute atomic E-state index is 11.5. The maximum atomic E-state index is 11.5. The van der Waals surface area contributed by atoms with E-state index in [9.17, 15) is 4.79 Å². The molecular formula is C12H16ClNO3. The number of nitrogens with zero attached hydrogens (tertiary/aromatic N) is 1. The van der Waals surface area contributed by atoms with E-state index in [2.05, 4.69) is 4.98 Å². The Morgan fingerprint density at radius 3 is 2.71 bits per heavy atom. The topological polar surface area (TPSA) is 48.4 Å². The summed E-state index contributed by atoms with van der Waals surface area (Å²) in [5.41, 5.74) is -0.0333. The van der Waals surface area contributed by atoms with Gasteiger partial charge in [-0.25, -0.2) is 9.78 Å². The van der Waals surface area contributed by atoms with Crippen molar-refractivity contribution in [2.75, 3.05) is 13.2 Å². The monoisotopic (exact) mass is 257 g/mol. The molecule has 0 N–H and O–H groups in total. The maximum Gasteiger partial charge on any atom is 0.357 e. The molecule has 0 saturated carbocycles. The first kappa shape index (κ1) is 13.9. The third-order valence-corrected chi connectivity index (χ3v) is 2.02. The molecule has 4 nitrogen and oxygen atoms in total. The number of hydrogen-bond acceptors (Lipinski definition) is 4. The van der Waals surface area contributed by atoms with E-state index in [1.54, 1.807) is 6.07 Å². The van der Waals surface area contributed by atoms with E-state index in [0.29, 0.717) is 11.6 Å². The molecule has 0 aliphatic heterocycles. The summed E-state index contributed by atoms with van der Waals surface area (Å²) in [6.07, 6.45) is 1.46. The Morgan fingerprint density at radius 1 is 1.41 bits per heavy atom. The lowest BCUT2D eigenvalue weighted by Crippen LogP contribution is -2.22. The number of carbonyl (C=O) groups is 1. The highest BCUT2D eigenvalue weighted by molar-refractivity contribution is 6.30. The normalized spacial score (nSPS) is 11.3. The number of hydrogen-bond donors (Lipinski definition) is 0. The highest BCUT2D eigenvalue weighted by atomic mass is 35.5. The second-order valence-corrected chi connectivity index (χ2v) is 4.89. The zero-order chi connectivity index (χ0) is 12.9. The van der Waals surface area contributed by atoms with Crippen molar-refractivity contribution in [2.45, 2.75) is 26.4 Å². The van der Waals surface area contributed by atoms with Crippen LogP contribution in [0.15, 0.2) is 18.3 Å². The Bertz CT molecular complexity index is 388. The van der Waals surface area contributed by atoms with Gasteiger partial charge in [-0.1, -0.05) is 11.6 Å². The standard InChI is InChI=1S/C12H16ClNO3/c1-12(2,3)17-7-6-16-11(15)10-8-9(13)4-5-14-10/h4-5,8H,6-7H2,1-3H3. The second kappa shape index (κ2) is 5.98. The number of pyridine rings is 1. The van der Waals surface area contributed by atoms with Crippen LogP contribution in [-0.4, -0.2) is 29.8 Å². The Kier molecular flexibility index (Phi) is 4.90. The Balaban J connectivity index is 2.36. The third kappa shape index (κ3) is 5.65. The van der Waals surface area contributed by atoms with E-state index < -0.39 is 5.97 Å². The van der Waals surface area contributed by atoms with Crippen molar-refractivity contribution in [1.82, 2.24) is 4.98 Å². The quantitative estimate of drug-likeness (QED) is 0.615. The van der Waals surface area contributed by atoms with Crippen LogP contribution in [0.25, 0.3) is 0 Å². The number of rotatable bonds is 4. The molecule has 94 valence electrons. The van der Waals surface area contributed by atoms with Gasteiger partial charge in [0.2, 0.25) is 0 Å². The number of aromatic nitrogens is 1. The third-order valence-electron chi connectivity index (χ3n) is 1.78. The van der Waals surface area contributed by atoms with Gasteiger partial charge in [0.1, 0.15) is 12.3 Å². The average molecular weight is 258 g/mol. The first-order valence-electron chi connectivity index (χ1n) is 5.31. The Morgan fingerprint density at radius 2 is 2.12 bits per heavy atom. The second-order valence-electron chi connectivity index (χ2n) is 4.46.